The van der Waals surface area contributed by atoms with Crippen molar-refractivity contribution >= 4 is 33.1 Å². The Morgan fingerprint density at radius 1 is 1.26 bits per heavy atom. The van der Waals surface area contributed by atoms with E-state index in [9.17, 15) is 12.8 Å². The maximum atomic E-state index is 12.9. The maximum Gasteiger partial charge on any atom is 0.265 e. The molecule has 0 saturated heterocycles. The molecule has 0 radical (unpaired) electrons. The summed E-state index contributed by atoms with van der Waals surface area (Å²) >= 11 is 5.73. The summed E-state index contributed by atoms with van der Waals surface area (Å²) in [5.41, 5.74) is 5.62. The first-order valence-corrected chi connectivity index (χ1v) is 6.95. The third-order valence-electron chi connectivity index (χ3n) is 2.22. The molecule has 0 saturated carbocycles. The standard InChI is InChI=1S/C11H9ClFN3O2S/c12-7-4-5-8(14)9(6-7)19(17,18)16-11-3-1-2-10(13)15-11/h1-6H,14H2,(H,15,16). The van der Waals surface area contributed by atoms with Crippen LogP contribution in [0.25, 0.3) is 0 Å². The first-order valence-electron chi connectivity index (χ1n) is 5.09. The lowest BCUT2D eigenvalue weighted by molar-refractivity contribution is 0.584. The molecule has 1 heterocycles. The van der Waals surface area contributed by atoms with Crippen LogP contribution < -0.4 is 10.5 Å². The minimum Gasteiger partial charge on any atom is -0.398 e. The van der Waals surface area contributed by atoms with Gasteiger partial charge in [0.05, 0.1) is 5.69 Å². The largest absolute Gasteiger partial charge is 0.398 e. The number of nitrogens with one attached hydrogen (secondary N) is 1. The molecule has 0 atom stereocenters. The average Bonchev–Trinajstić information content (AvgIpc) is 2.31. The number of aromatic nitrogens is 1. The zero-order valence-corrected chi connectivity index (χ0v) is 11.0. The number of hydrogen-bond acceptors (Lipinski definition) is 4. The van der Waals surface area contributed by atoms with Crippen molar-refractivity contribution in [2.75, 3.05) is 10.5 Å². The van der Waals surface area contributed by atoms with Gasteiger partial charge in [0, 0.05) is 5.02 Å². The van der Waals surface area contributed by atoms with Gasteiger partial charge in [0.15, 0.2) is 0 Å². The van der Waals surface area contributed by atoms with Gasteiger partial charge >= 0.3 is 0 Å². The second kappa shape index (κ2) is 5.02. The first kappa shape index (κ1) is 13.6. The number of nitrogen functional groups attached to an aromatic ring is 1. The normalized spacial score (nSPS) is 11.3. The van der Waals surface area contributed by atoms with Crippen LogP contribution in [-0.2, 0) is 10.0 Å². The minimum absolute atomic E-state index is 0.0355. The van der Waals surface area contributed by atoms with Crippen molar-refractivity contribution in [3.05, 3.63) is 47.4 Å². The zero-order chi connectivity index (χ0) is 14.0. The third kappa shape index (κ3) is 3.12. The SMILES string of the molecule is Nc1ccc(Cl)cc1S(=O)(=O)Nc1cccc(F)n1. The number of nitrogens with zero attached hydrogens (tertiary/aromatic N) is 1. The molecule has 0 aliphatic carbocycles. The number of rotatable bonds is 3. The van der Waals surface area contributed by atoms with E-state index in [2.05, 4.69) is 9.71 Å². The van der Waals surface area contributed by atoms with Crippen LogP contribution in [0.2, 0.25) is 5.02 Å². The Labute approximate surface area is 114 Å². The molecular formula is C11H9ClFN3O2S. The van der Waals surface area contributed by atoms with Gasteiger partial charge in [-0.1, -0.05) is 17.7 Å². The Bertz CT molecular complexity index is 722. The molecule has 19 heavy (non-hydrogen) atoms. The van der Waals surface area contributed by atoms with Gasteiger partial charge in [-0.25, -0.2) is 13.4 Å². The molecule has 100 valence electrons. The van der Waals surface area contributed by atoms with Gasteiger partial charge in [0.1, 0.15) is 10.7 Å². The Hall–Kier alpha value is -1.86. The van der Waals surface area contributed by atoms with Gasteiger partial charge in [0.2, 0.25) is 5.95 Å². The van der Waals surface area contributed by atoms with Crippen molar-refractivity contribution in [1.82, 2.24) is 4.98 Å². The molecule has 0 aliphatic heterocycles. The molecule has 8 heteroatoms. The quantitative estimate of drug-likeness (QED) is 0.672. The predicted molar refractivity (Wildman–Crippen MR) is 70.9 cm³/mol. The van der Waals surface area contributed by atoms with Crippen molar-refractivity contribution in [2.45, 2.75) is 4.90 Å². The summed E-state index contributed by atoms with van der Waals surface area (Å²) in [7, 11) is -3.97. The predicted octanol–water partition coefficient (Wildman–Crippen LogP) is 2.26. The highest BCUT2D eigenvalue weighted by Crippen LogP contribution is 2.24. The van der Waals surface area contributed by atoms with Crippen LogP contribution in [0, 0.1) is 5.95 Å². The zero-order valence-electron chi connectivity index (χ0n) is 9.47. The first-order chi connectivity index (χ1) is 8.88. The van der Waals surface area contributed by atoms with Crippen molar-refractivity contribution in [1.29, 1.82) is 0 Å². The van der Waals surface area contributed by atoms with Crippen molar-refractivity contribution < 1.29 is 12.8 Å². The molecule has 0 unspecified atom stereocenters. The Morgan fingerprint density at radius 2 is 2.00 bits per heavy atom. The molecule has 2 rings (SSSR count). The van der Waals surface area contributed by atoms with E-state index in [0.29, 0.717) is 0 Å². The molecule has 0 spiro atoms. The summed E-state index contributed by atoms with van der Waals surface area (Å²) in [6.07, 6.45) is 0. The van der Waals surface area contributed by atoms with Gasteiger partial charge in [-0.2, -0.15) is 4.39 Å². The lowest BCUT2D eigenvalue weighted by Gasteiger charge is -2.09. The van der Waals surface area contributed by atoms with Crippen LogP contribution in [-0.4, -0.2) is 13.4 Å². The monoisotopic (exact) mass is 301 g/mol. The molecular weight excluding hydrogens is 293 g/mol. The number of anilines is 2. The number of pyridine rings is 1. The van der Waals surface area contributed by atoms with Crippen LogP contribution in [0.3, 0.4) is 0 Å². The van der Waals surface area contributed by atoms with E-state index in [1.807, 2.05) is 0 Å². The van der Waals surface area contributed by atoms with Crippen LogP contribution in [0.5, 0.6) is 0 Å². The lowest BCUT2D eigenvalue weighted by atomic mass is 10.3. The number of sulfonamides is 1. The van der Waals surface area contributed by atoms with Crippen LogP contribution >= 0.6 is 11.6 Å². The third-order valence-corrected chi connectivity index (χ3v) is 3.86. The highest BCUT2D eigenvalue weighted by Gasteiger charge is 2.18. The molecule has 0 aliphatic rings. The number of hydrogen-bond donors (Lipinski definition) is 2. The van der Waals surface area contributed by atoms with Crippen molar-refractivity contribution in [3.63, 3.8) is 0 Å². The van der Waals surface area contributed by atoms with Crippen LogP contribution in [0.4, 0.5) is 15.9 Å². The molecule has 0 amide bonds. The Kier molecular flexibility index (Phi) is 3.59. The van der Waals surface area contributed by atoms with E-state index in [0.717, 1.165) is 6.07 Å². The lowest BCUT2D eigenvalue weighted by Crippen LogP contribution is -2.15. The Morgan fingerprint density at radius 3 is 2.68 bits per heavy atom. The maximum absolute atomic E-state index is 12.9. The van der Waals surface area contributed by atoms with Crippen molar-refractivity contribution in [3.8, 4) is 0 Å². The van der Waals surface area contributed by atoms with Gasteiger partial charge in [-0.15, -0.1) is 0 Å². The van der Waals surface area contributed by atoms with E-state index in [-0.39, 0.29) is 21.4 Å². The molecule has 1 aromatic carbocycles. The molecule has 0 fully saturated rings. The number of halogens is 2. The highest BCUT2D eigenvalue weighted by atomic mass is 35.5. The van der Waals surface area contributed by atoms with Gasteiger partial charge in [-0.3, -0.25) is 4.72 Å². The molecule has 2 aromatic rings. The fourth-order valence-electron chi connectivity index (χ4n) is 1.40. The molecule has 5 nitrogen and oxygen atoms in total. The molecule has 1 aromatic heterocycles. The van der Waals surface area contributed by atoms with Gasteiger partial charge < -0.3 is 5.73 Å². The van der Waals surface area contributed by atoms with E-state index < -0.39 is 16.0 Å². The summed E-state index contributed by atoms with van der Waals surface area (Å²) in [5, 5.41) is 0.224. The average molecular weight is 302 g/mol. The fraction of sp³-hybridized carbons (Fsp3) is 0. The molecule has 3 N–H and O–H groups in total. The van der Waals surface area contributed by atoms with E-state index in [1.54, 1.807) is 0 Å². The summed E-state index contributed by atoms with van der Waals surface area (Å²) in [5.74, 6) is -0.932. The van der Waals surface area contributed by atoms with Crippen LogP contribution in [0.15, 0.2) is 41.3 Å². The summed E-state index contributed by atoms with van der Waals surface area (Å²) < 4.78 is 39.2. The van der Waals surface area contributed by atoms with Gasteiger partial charge in [-0.05, 0) is 30.3 Å². The number of benzene rings is 1. The molecule has 0 bridgehead atoms. The highest BCUT2D eigenvalue weighted by molar-refractivity contribution is 7.92. The fourth-order valence-corrected chi connectivity index (χ4v) is 2.79. The Balaban J connectivity index is 2.40. The van der Waals surface area contributed by atoms with Gasteiger partial charge in [0.25, 0.3) is 10.0 Å². The number of nitrogens with two attached hydrogens (primary N) is 1. The van der Waals surface area contributed by atoms with E-state index in [4.69, 9.17) is 17.3 Å². The second-order valence-electron chi connectivity index (χ2n) is 3.63. The summed E-state index contributed by atoms with van der Waals surface area (Å²) in [6.45, 7) is 0. The summed E-state index contributed by atoms with van der Waals surface area (Å²) in [4.78, 5) is 3.22. The summed E-state index contributed by atoms with van der Waals surface area (Å²) in [6, 6.07) is 7.80. The minimum atomic E-state index is -3.97. The van der Waals surface area contributed by atoms with Crippen LogP contribution in [0.1, 0.15) is 0 Å². The smallest absolute Gasteiger partial charge is 0.265 e. The second-order valence-corrected chi connectivity index (χ2v) is 5.72. The topological polar surface area (TPSA) is 85.1 Å². The van der Waals surface area contributed by atoms with E-state index >= 15 is 0 Å². The van der Waals surface area contributed by atoms with E-state index in [1.165, 1.54) is 30.3 Å². The van der Waals surface area contributed by atoms with Crippen molar-refractivity contribution in [2.24, 2.45) is 0 Å².